The molecule has 0 radical (unpaired) electrons. The molecule has 1 saturated heterocycles. The van der Waals surface area contributed by atoms with Crippen molar-refractivity contribution in [2.24, 2.45) is 35.5 Å². The summed E-state index contributed by atoms with van der Waals surface area (Å²) in [7, 11) is 0. The van der Waals surface area contributed by atoms with Crippen LogP contribution in [-0.2, 0) is 25.5 Å². The summed E-state index contributed by atoms with van der Waals surface area (Å²) in [5.41, 5.74) is 3.07. The number of aryl methyl sites for hydroxylation is 2. The quantitative estimate of drug-likeness (QED) is 0.260. The van der Waals surface area contributed by atoms with Crippen LogP contribution < -0.4 is 0 Å². The molecular weight excluding hydrogens is 454 g/mol. The monoisotopic (exact) mass is 483 g/mol. The van der Waals surface area contributed by atoms with Gasteiger partial charge in [-0.3, -0.25) is 19.3 Å². The number of carbonyl (C=O) groups excluding carboxylic acids is 4. The fourth-order valence-corrected chi connectivity index (χ4v) is 6.75. The van der Waals surface area contributed by atoms with Gasteiger partial charge in [-0.25, -0.2) is 4.79 Å². The number of ether oxygens (including phenoxy) is 1. The molecule has 7 rings (SSSR count). The van der Waals surface area contributed by atoms with E-state index >= 15 is 0 Å². The molecule has 2 saturated carbocycles. The number of rotatable bonds is 7. The van der Waals surface area contributed by atoms with Crippen LogP contribution in [0.1, 0.15) is 33.5 Å². The summed E-state index contributed by atoms with van der Waals surface area (Å²) < 4.78 is 5.50. The number of imide groups is 1. The number of nitrogens with zero attached hydrogens (tertiary/aromatic N) is 1. The first-order valence-electron chi connectivity index (χ1n) is 12.7. The normalized spacial score (nSPS) is 30.1. The fraction of sp³-hybridized carbons (Fsp3) is 0.400. The highest BCUT2D eigenvalue weighted by molar-refractivity contribution is 6.09. The maximum Gasteiger partial charge on any atom is 0.330 e. The second kappa shape index (κ2) is 8.54. The minimum atomic E-state index is -1.10. The van der Waals surface area contributed by atoms with Crippen molar-refractivity contribution in [2.75, 3.05) is 6.61 Å². The number of esters is 1. The first-order chi connectivity index (χ1) is 17.3. The average molecular weight is 484 g/mol. The summed E-state index contributed by atoms with van der Waals surface area (Å²) in [6.45, 7) is 3.30. The van der Waals surface area contributed by atoms with E-state index in [9.17, 15) is 19.2 Å². The van der Waals surface area contributed by atoms with E-state index < -0.39 is 18.6 Å². The Morgan fingerprint density at radius 1 is 0.944 bits per heavy atom. The number of allylic oxidation sites excluding steroid dienone is 2. The highest BCUT2D eigenvalue weighted by Gasteiger charge is 2.68. The van der Waals surface area contributed by atoms with Crippen LogP contribution in [0.25, 0.3) is 0 Å². The Morgan fingerprint density at radius 2 is 1.58 bits per heavy atom. The maximum absolute atomic E-state index is 13.7. The van der Waals surface area contributed by atoms with Crippen LogP contribution in [0, 0.1) is 49.4 Å². The van der Waals surface area contributed by atoms with E-state index in [2.05, 4.69) is 12.2 Å². The third-order valence-corrected chi connectivity index (χ3v) is 8.59. The minimum absolute atomic E-state index is 0.0747. The van der Waals surface area contributed by atoms with E-state index in [4.69, 9.17) is 4.74 Å². The van der Waals surface area contributed by atoms with Gasteiger partial charge >= 0.3 is 5.97 Å². The number of amides is 2. The van der Waals surface area contributed by atoms with Gasteiger partial charge in [0.1, 0.15) is 6.04 Å². The van der Waals surface area contributed by atoms with Gasteiger partial charge in [0.25, 0.3) is 0 Å². The Labute approximate surface area is 210 Å². The van der Waals surface area contributed by atoms with E-state index in [1.165, 1.54) is 4.90 Å². The largest absolute Gasteiger partial charge is 0.456 e. The average Bonchev–Trinajstić information content (AvgIpc) is 3.66. The van der Waals surface area contributed by atoms with Crippen LogP contribution in [0.2, 0.25) is 0 Å². The second-order valence-electron chi connectivity index (χ2n) is 10.8. The number of likely N-dealkylation sites (tertiary alicyclic amines) is 1. The van der Waals surface area contributed by atoms with Crippen LogP contribution in [-0.4, -0.2) is 41.1 Å². The van der Waals surface area contributed by atoms with Crippen LogP contribution in [0.15, 0.2) is 60.7 Å². The third-order valence-electron chi connectivity index (χ3n) is 8.59. The van der Waals surface area contributed by atoms with Gasteiger partial charge in [0.2, 0.25) is 17.6 Å². The van der Waals surface area contributed by atoms with E-state index in [1.807, 2.05) is 56.3 Å². The lowest BCUT2D eigenvalue weighted by molar-refractivity contribution is -0.158. The lowest BCUT2D eigenvalue weighted by Crippen LogP contribution is -2.48. The molecule has 1 aliphatic heterocycles. The topological polar surface area (TPSA) is 80.8 Å². The van der Waals surface area contributed by atoms with E-state index in [-0.39, 0.29) is 47.7 Å². The van der Waals surface area contributed by atoms with Crippen molar-refractivity contribution in [2.45, 2.75) is 32.7 Å². The van der Waals surface area contributed by atoms with E-state index in [0.717, 1.165) is 23.1 Å². The zero-order valence-electron chi connectivity index (χ0n) is 20.4. The molecule has 5 aliphatic rings. The lowest BCUT2D eigenvalue weighted by Gasteiger charge is -2.37. The molecule has 3 fully saturated rings. The van der Waals surface area contributed by atoms with Gasteiger partial charge in [-0.2, -0.15) is 0 Å². The molecule has 36 heavy (non-hydrogen) atoms. The van der Waals surface area contributed by atoms with E-state index in [0.29, 0.717) is 17.4 Å². The zero-order valence-corrected chi connectivity index (χ0v) is 20.4. The van der Waals surface area contributed by atoms with Crippen molar-refractivity contribution >= 4 is 23.6 Å². The Bertz CT molecular complexity index is 1260. The molecule has 0 aromatic heterocycles. The number of Topliss-reactive ketones (excluding diaryl/α,β-unsaturated/α-hetero) is 1. The van der Waals surface area contributed by atoms with Crippen molar-refractivity contribution in [1.82, 2.24) is 4.90 Å². The minimum Gasteiger partial charge on any atom is -0.456 e. The van der Waals surface area contributed by atoms with Crippen LogP contribution in [0.5, 0.6) is 0 Å². The summed E-state index contributed by atoms with van der Waals surface area (Å²) in [5, 5.41) is 0. The van der Waals surface area contributed by atoms with Gasteiger partial charge in [0.15, 0.2) is 6.61 Å². The van der Waals surface area contributed by atoms with Crippen molar-refractivity contribution in [3.05, 3.63) is 82.9 Å². The number of carbonyl (C=O) groups is 4. The number of benzene rings is 2. The van der Waals surface area contributed by atoms with Crippen LogP contribution >= 0.6 is 0 Å². The zero-order chi connectivity index (χ0) is 25.1. The van der Waals surface area contributed by atoms with Crippen LogP contribution in [0.4, 0.5) is 0 Å². The molecule has 2 aromatic carbocycles. The molecule has 184 valence electrons. The molecule has 7 atom stereocenters. The predicted molar refractivity (Wildman–Crippen MR) is 132 cm³/mol. The third kappa shape index (κ3) is 3.62. The maximum atomic E-state index is 13.7. The molecule has 2 amide bonds. The molecule has 2 aromatic rings. The van der Waals surface area contributed by atoms with Gasteiger partial charge in [0.05, 0.1) is 11.8 Å². The Kier molecular flexibility index (Phi) is 5.43. The Hall–Kier alpha value is -3.54. The summed E-state index contributed by atoms with van der Waals surface area (Å²) in [6, 6.07) is 13.8. The molecule has 2 bridgehead atoms. The highest BCUT2D eigenvalue weighted by atomic mass is 16.5. The summed E-state index contributed by atoms with van der Waals surface area (Å²) in [4.78, 5) is 54.8. The van der Waals surface area contributed by atoms with Gasteiger partial charge in [-0.1, -0.05) is 60.2 Å². The smallest absolute Gasteiger partial charge is 0.330 e. The summed E-state index contributed by atoms with van der Waals surface area (Å²) in [6.07, 6.45) is 5.46. The molecule has 1 heterocycles. The number of hydrogen-bond donors (Lipinski definition) is 0. The molecule has 4 aliphatic carbocycles. The number of hydrogen-bond acceptors (Lipinski definition) is 5. The highest BCUT2D eigenvalue weighted by Crippen LogP contribution is 2.65. The second-order valence-corrected chi connectivity index (χ2v) is 10.8. The van der Waals surface area contributed by atoms with Crippen molar-refractivity contribution < 1.29 is 23.9 Å². The first-order valence-corrected chi connectivity index (χ1v) is 12.7. The van der Waals surface area contributed by atoms with E-state index in [1.54, 1.807) is 6.07 Å². The van der Waals surface area contributed by atoms with Crippen molar-refractivity contribution in [3.8, 4) is 0 Å². The molecule has 0 spiro atoms. The molecule has 6 heteroatoms. The standard InChI is InChI=1S/C30H29NO5/c1-16-8-9-17(2)21(12-16)25(32)15-36-30(35)24(13-18-6-4-3-5-7-18)31-28(33)26-19-10-11-20(23-14-22(19)23)27(26)29(31)34/h3-12,19-20,22-24,26-27H,13-15H2,1-2H3/t19-,20-,22-,23-,24-,26-,27+/m1/s1. The SMILES string of the molecule is Cc1ccc(C)c(C(=O)COC(=O)[C@@H](Cc2ccccc2)N2C(=O)[C@@H]3[C@@H]4C=C[C@H]([C@H]5C[C@H]45)[C@@H]3C2=O)c1. The first kappa shape index (κ1) is 22.9. The predicted octanol–water partition coefficient (Wildman–Crippen LogP) is 3.69. The van der Waals surface area contributed by atoms with Crippen molar-refractivity contribution in [1.29, 1.82) is 0 Å². The molecular formula is C30H29NO5. The Morgan fingerprint density at radius 3 is 2.22 bits per heavy atom. The number of ketones is 1. The summed E-state index contributed by atoms with van der Waals surface area (Å²) >= 11 is 0. The fourth-order valence-electron chi connectivity index (χ4n) is 6.75. The van der Waals surface area contributed by atoms with Gasteiger partial charge in [-0.15, -0.1) is 0 Å². The Balaban J connectivity index is 1.25. The van der Waals surface area contributed by atoms with Crippen LogP contribution in [0.3, 0.4) is 0 Å². The van der Waals surface area contributed by atoms with Gasteiger partial charge < -0.3 is 4.74 Å². The van der Waals surface area contributed by atoms with Gasteiger partial charge in [-0.05, 0) is 61.1 Å². The van der Waals surface area contributed by atoms with Gasteiger partial charge in [0, 0.05) is 12.0 Å². The molecule has 6 nitrogen and oxygen atoms in total. The van der Waals surface area contributed by atoms with Crippen molar-refractivity contribution in [3.63, 3.8) is 0 Å². The summed E-state index contributed by atoms with van der Waals surface area (Å²) in [5.74, 6) is -1.24. The molecule has 0 unspecified atom stereocenters. The molecule has 0 N–H and O–H groups in total. The lowest BCUT2D eigenvalue weighted by atomic mass is 9.63.